The van der Waals surface area contributed by atoms with Crippen LogP contribution >= 0.6 is 0 Å². The molecule has 0 saturated heterocycles. The second-order valence-electron chi connectivity index (χ2n) is 5.33. The van der Waals surface area contributed by atoms with Gasteiger partial charge in [-0.05, 0) is 41.7 Å². The predicted molar refractivity (Wildman–Crippen MR) is 80.0 cm³/mol. The van der Waals surface area contributed by atoms with E-state index in [2.05, 4.69) is 17.4 Å². The molecule has 0 spiro atoms. The third-order valence-electron chi connectivity index (χ3n) is 3.87. The second-order valence-corrected chi connectivity index (χ2v) is 5.33. The van der Waals surface area contributed by atoms with Crippen molar-refractivity contribution in [2.24, 2.45) is 5.92 Å². The van der Waals surface area contributed by atoms with Crippen LogP contribution in [0.5, 0.6) is 0 Å². The van der Waals surface area contributed by atoms with Crippen molar-refractivity contribution in [1.82, 2.24) is 5.32 Å². The molecule has 3 nitrogen and oxygen atoms in total. The molecule has 0 radical (unpaired) electrons. The summed E-state index contributed by atoms with van der Waals surface area (Å²) in [6, 6.07) is 15.9. The smallest absolute Gasteiger partial charge is 0.224 e. The standard InChI is InChI=1S/C17H18N2O/c18-16-7-5-12(6-8-16)11-19-17(20)15-9-13-3-1-2-4-14(13)10-15/h1-8,15H,9-11,18H2,(H,19,20). The zero-order valence-corrected chi connectivity index (χ0v) is 11.3. The van der Waals surface area contributed by atoms with Crippen LogP contribution in [-0.2, 0) is 24.2 Å². The molecule has 3 rings (SSSR count). The van der Waals surface area contributed by atoms with Gasteiger partial charge < -0.3 is 11.1 Å². The van der Waals surface area contributed by atoms with Crippen molar-refractivity contribution in [3.8, 4) is 0 Å². The van der Waals surface area contributed by atoms with Crippen LogP contribution in [0.3, 0.4) is 0 Å². The van der Waals surface area contributed by atoms with Crippen molar-refractivity contribution in [3.63, 3.8) is 0 Å². The molecule has 0 aromatic heterocycles. The molecule has 1 aliphatic carbocycles. The van der Waals surface area contributed by atoms with Gasteiger partial charge in [-0.3, -0.25) is 4.79 Å². The minimum atomic E-state index is 0.0705. The molecule has 0 aliphatic heterocycles. The zero-order valence-electron chi connectivity index (χ0n) is 11.3. The number of fused-ring (bicyclic) bond motifs is 1. The van der Waals surface area contributed by atoms with Gasteiger partial charge in [-0.25, -0.2) is 0 Å². The van der Waals surface area contributed by atoms with Gasteiger partial charge in [0.2, 0.25) is 5.91 Å². The highest BCUT2D eigenvalue weighted by molar-refractivity contribution is 5.80. The molecule has 20 heavy (non-hydrogen) atoms. The minimum absolute atomic E-state index is 0.0705. The van der Waals surface area contributed by atoms with E-state index in [9.17, 15) is 4.79 Å². The molecule has 0 heterocycles. The predicted octanol–water partition coefficient (Wildman–Crippen LogP) is 2.30. The Balaban J connectivity index is 1.57. The fourth-order valence-corrected chi connectivity index (χ4v) is 2.71. The largest absolute Gasteiger partial charge is 0.399 e. The van der Waals surface area contributed by atoms with Gasteiger partial charge in [0.05, 0.1) is 0 Å². The van der Waals surface area contributed by atoms with E-state index < -0.39 is 0 Å². The number of nitrogen functional groups attached to an aromatic ring is 1. The molecule has 0 unspecified atom stereocenters. The molecular weight excluding hydrogens is 248 g/mol. The number of carbonyl (C=O) groups is 1. The summed E-state index contributed by atoms with van der Waals surface area (Å²) in [4.78, 5) is 12.2. The highest BCUT2D eigenvalue weighted by atomic mass is 16.1. The average molecular weight is 266 g/mol. The van der Waals surface area contributed by atoms with Crippen molar-refractivity contribution in [1.29, 1.82) is 0 Å². The summed E-state index contributed by atoms with van der Waals surface area (Å²) >= 11 is 0. The maximum atomic E-state index is 12.2. The van der Waals surface area contributed by atoms with Crippen LogP contribution in [0.25, 0.3) is 0 Å². The van der Waals surface area contributed by atoms with Gasteiger partial charge in [-0.15, -0.1) is 0 Å². The number of anilines is 1. The Morgan fingerprint density at radius 3 is 2.25 bits per heavy atom. The second kappa shape index (κ2) is 5.37. The normalized spacial score (nSPS) is 14.0. The quantitative estimate of drug-likeness (QED) is 0.838. The average Bonchev–Trinajstić information content (AvgIpc) is 2.90. The van der Waals surface area contributed by atoms with Gasteiger partial charge >= 0.3 is 0 Å². The lowest BCUT2D eigenvalue weighted by atomic mass is 10.1. The van der Waals surface area contributed by atoms with Crippen LogP contribution in [-0.4, -0.2) is 5.91 Å². The van der Waals surface area contributed by atoms with Crippen LogP contribution < -0.4 is 11.1 Å². The Morgan fingerprint density at radius 2 is 1.65 bits per heavy atom. The van der Waals surface area contributed by atoms with Gasteiger partial charge in [-0.2, -0.15) is 0 Å². The van der Waals surface area contributed by atoms with Crippen LogP contribution in [0.15, 0.2) is 48.5 Å². The molecule has 1 amide bonds. The van der Waals surface area contributed by atoms with E-state index in [4.69, 9.17) is 5.73 Å². The first-order chi connectivity index (χ1) is 9.72. The molecule has 102 valence electrons. The van der Waals surface area contributed by atoms with Gasteiger partial charge in [-0.1, -0.05) is 36.4 Å². The fourth-order valence-electron chi connectivity index (χ4n) is 2.71. The third kappa shape index (κ3) is 2.67. The zero-order chi connectivity index (χ0) is 13.9. The maximum absolute atomic E-state index is 12.2. The number of hydrogen-bond acceptors (Lipinski definition) is 2. The Hall–Kier alpha value is -2.29. The first-order valence-corrected chi connectivity index (χ1v) is 6.91. The highest BCUT2D eigenvalue weighted by Gasteiger charge is 2.26. The van der Waals surface area contributed by atoms with Crippen molar-refractivity contribution in [2.45, 2.75) is 19.4 Å². The lowest BCUT2D eigenvalue weighted by Crippen LogP contribution is -2.30. The van der Waals surface area contributed by atoms with Crippen molar-refractivity contribution < 1.29 is 4.79 Å². The third-order valence-corrected chi connectivity index (χ3v) is 3.87. The van der Waals surface area contributed by atoms with E-state index in [-0.39, 0.29) is 11.8 Å². The van der Waals surface area contributed by atoms with Crippen molar-refractivity contribution >= 4 is 11.6 Å². The first kappa shape index (κ1) is 12.7. The molecule has 0 fully saturated rings. The molecule has 2 aromatic carbocycles. The summed E-state index contributed by atoms with van der Waals surface area (Å²) in [6.45, 7) is 0.561. The fraction of sp³-hybridized carbons (Fsp3) is 0.235. The summed E-state index contributed by atoms with van der Waals surface area (Å²) in [7, 11) is 0. The molecule has 0 atom stereocenters. The van der Waals surface area contributed by atoms with Gasteiger partial charge in [0.15, 0.2) is 0 Å². The molecule has 0 bridgehead atoms. The number of carbonyl (C=O) groups excluding carboxylic acids is 1. The van der Waals surface area contributed by atoms with E-state index in [1.54, 1.807) is 0 Å². The molecule has 3 N–H and O–H groups in total. The summed E-state index contributed by atoms with van der Waals surface area (Å²) in [6.07, 6.45) is 1.70. The SMILES string of the molecule is Nc1ccc(CNC(=O)C2Cc3ccccc3C2)cc1. The molecule has 3 heteroatoms. The minimum Gasteiger partial charge on any atom is -0.399 e. The molecule has 2 aromatic rings. The van der Waals surface area contributed by atoms with Crippen molar-refractivity contribution in [3.05, 3.63) is 65.2 Å². The monoisotopic (exact) mass is 266 g/mol. The van der Waals surface area contributed by atoms with Crippen molar-refractivity contribution in [2.75, 3.05) is 5.73 Å². The van der Waals surface area contributed by atoms with Gasteiger partial charge in [0, 0.05) is 18.2 Å². The van der Waals surface area contributed by atoms with Crippen LogP contribution in [0, 0.1) is 5.92 Å². The Labute approximate surface area is 118 Å². The number of benzene rings is 2. The van der Waals surface area contributed by atoms with E-state index in [0.717, 1.165) is 24.1 Å². The highest BCUT2D eigenvalue weighted by Crippen LogP contribution is 2.26. The number of nitrogens with one attached hydrogen (secondary N) is 1. The van der Waals surface area contributed by atoms with Crippen LogP contribution in [0.4, 0.5) is 5.69 Å². The Morgan fingerprint density at radius 1 is 1.05 bits per heavy atom. The topological polar surface area (TPSA) is 55.1 Å². The van der Waals surface area contributed by atoms with E-state index in [1.807, 2.05) is 36.4 Å². The van der Waals surface area contributed by atoms with Gasteiger partial charge in [0.1, 0.15) is 0 Å². The lowest BCUT2D eigenvalue weighted by molar-refractivity contribution is -0.124. The Bertz CT molecular complexity index is 594. The van der Waals surface area contributed by atoms with E-state index in [1.165, 1.54) is 11.1 Å². The molecule has 1 aliphatic rings. The molecule has 0 saturated carbocycles. The maximum Gasteiger partial charge on any atom is 0.224 e. The number of nitrogens with two attached hydrogens (primary N) is 1. The summed E-state index contributed by atoms with van der Waals surface area (Å²) < 4.78 is 0. The summed E-state index contributed by atoms with van der Waals surface area (Å²) in [5.41, 5.74) is 10.1. The lowest BCUT2D eigenvalue weighted by Gasteiger charge is -2.10. The van der Waals surface area contributed by atoms with Crippen LogP contribution in [0.2, 0.25) is 0 Å². The first-order valence-electron chi connectivity index (χ1n) is 6.91. The number of amides is 1. The van der Waals surface area contributed by atoms with Gasteiger partial charge in [0.25, 0.3) is 0 Å². The Kier molecular flexibility index (Phi) is 3.42. The summed E-state index contributed by atoms with van der Waals surface area (Å²) in [5.74, 6) is 0.208. The van der Waals surface area contributed by atoms with E-state index in [0.29, 0.717) is 6.54 Å². The van der Waals surface area contributed by atoms with Crippen LogP contribution in [0.1, 0.15) is 16.7 Å². The molecular formula is C17H18N2O. The number of rotatable bonds is 3. The van der Waals surface area contributed by atoms with E-state index >= 15 is 0 Å². The summed E-state index contributed by atoms with van der Waals surface area (Å²) in [5, 5.41) is 3.02. The number of hydrogen-bond donors (Lipinski definition) is 2.